The molecule has 2 amide bonds. The van der Waals surface area contributed by atoms with Crippen molar-refractivity contribution in [1.29, 1.82) is 0 Å². The predicted molar refractivity (Wildman–Crippen MR) is 91.3 cm³/mol. The molecule has 0 unspecified atom stereocenters. The minimum absolute atomic E-state index is 0.0542. The third-order valence-corrected chi connectivity index (χ3v) is 4.48. The summed E-state index contributed by atoms with van der Waals surface area (Å²) >= 11 is 0. The van der Waals surface area contributed by atoms with Gasteiger partial charge in [0.2, 0.25) is 5.91 Å². The number of hydrogen-bond donors (Lipinski definition) is 2. The van der Waals surface area contributed by atoms with E-state index in [1.165, 1.54) is 31.3 Å². The maximum atomic E-state index is 12.1. The van der Waals surface area contributed by atoms with Gasteiger partial charge in [-0.2, -0.15) is 0 Å². The van der Waals surface area contributed by atoms with E-state index in [-0.39, 0.29) is 17.7 Å². The number of rotatable bonds is 6. The molecule has 4 heteroatoms. The summed E-state index contributed by atoms with van der Waals surface area (Å²) in [6, 6.07) is 7.10. The highest BCUT2D eigenvalue weighted by atomic mass is 16.2. The average Bonchev–Trinajstić information content (AvgIpc) is 3.41. The molecule has 0 atom stereocenters. The smallest absolute Gasteiger partial charge is 0.251 e. The number of carbonyl (C=O) groups excluding carboxylic acids is 2. The Morgan fingerprint density at radius 1 is 1.09 bits per heavy atom. The molecule has 2 aliphatic rings. The van der Waals surface area contributed by atoms with Gasteiger partial charge in [0.15, 0.2) is 0 Å². The molecule has 2 aliphatic carbocycles. The monoisotopic (exact) mass is 312 g/mol. The van der Waals surface area contributed by atoms with Crippen molar-refractivity contribution in [2.24, 2.45) is 5.92 Å². The molecule has 2 N–H and O–H groups in total. The Morgan fingerprint density at radius 2 is 1.87 bits per heavy atom. The molecule has 3 rings (SSSR count). The minimum Gasteiger partial charge on any atom is -0.352 e. The summed E-state index contributed by atoms with van der Waals surface area (Å²) in [5, 5.41) is 5.85. The van der Waals surface area contributed by atoms with Gasteiger partial charge in [0, 0.05) is 23.7 Å². The maximum Gasteiger partial charge on any atom is 0.251 e. The number of hydrogen-bond acceptors (Lipinski definition) is 2. The van der Waals surface area contributed by atoms with Gasteiger partial charge in [0.25, 0.3) is 5.91 Å². The Kier molecular flexibility index (Phi) is 5.11. The molecule has 0 aliphatic heterocycles. The van der Waals surface area contributed by atoms with Gasteiger partial charge < -0.3 is 10.6 Å². The number of amides is 2. The first-order chi connectivity index (χ1) is 11.2. The molecule has 0 bridgehead atoms. The molecule has 0 heterocycles. The van der Waals surface area contributed by atoms with E-state index in [9.17, 15) is 9.59 Å². The zero-order valence-corrected chi connectivity index (χ0v) is 13.4. The van der Waals surface area contributed by atoms with Crippen LogP contribution in [0, 0.1) is 5.92 Å². The largest absolute Gasteiger partial charge is 0.352 e. The van der Waals surface area contributed by atoms with Crippen LogP contribution in [-0.2, 0) is 4.79 Å². The van der Waals surface area contributed by atoms with Crippen LogP contribution < -0.4 is 10.6 Å². The lowest BCUT2D eigenvalue weighted by molar-refractivity contribution is -0.117. The Balaban J connectivity index is 1.45. The van der Waals surface area contributed by atoms with Crippen LogP contribution in [0.1, 0.15) is 55.3 Å². The van der Waals surface area contributed by atoms with Crippen molar-refractivity contribution in [1.82, 2.24) is 5.32 Å². The normalized spacial score (nSPS) is 17.3. The van der Waals surface area contributed by atoms with Gasteiger partial charge >= 0.3 is 0 Å². The van der Waals surface area contributed by atoms with E-state index in [1.807, 2.05) is 0 Å². The lowest BCUT2D eigenvalue weighted by Gasteiger charge is -2.13. The highest BCUT2D eigenvalue weighted by molar-refractivity contribution is 5.96. The molecule has 23 heavy (non-hydrogen) atoms. The van der Waals surface area contributed by atoms with Crippen LogP contribution in [-0.4, -0.2) is 18.4 Å². The maximum absolute atomic E-state index is 12.1. The van der Waals surface area contributed by atoms with Gasteiger partial charge in [-0.15, -0.1) is 0 Å². The average molecular weight is 312 g/mol. The Labute approximate surface area is 137 Å². The van der Waals surface area contributed by atoms with Crippen molar-refractivity contribution in [3.8, 4) is 0 Å². The quantitative estimate of drug-likeness (QED) is 0.788. The fourth-order valence-corrected chi connectivity index (χ4v) is 2.87. The van der Waals surface area contributed by atoms with E-state index in [1.54, 1.807) is 24.3 Å². The van der Waals surface area contributed by atoms with Crippen LogP contribution in [0.2, 0.25) is 0 Å². The van der Waals surface area contributed by atoms with E-state index >= 15 is 0 Å². The Hall–Kier alpha value is -2.10. The molecule has 122 valence electrons. The lowest BCUT2D eigenvalue weighted by atomic mass is 9.97. The first-order valence-corrected chi connectivity index (χ1v) is 8.59. The zero-order valence-electron chi connectivity index (χ0n) is 13.4. The first-order valence-electron chi connectivity index (χ1n) is 8.59. The summed E-state index contributed by atoms with van der Waals surface area (Å²) in [7, 11) is 0. The molecule has 0 aromatic heterocycles. The number of nitrogens with one attached hydrogen (secondary N) is 2. The predicted octanol–water partition coefficient (Wildman–Crippen LogP) is 3.66. The van der Waals surface area contributed by atoms with Crippen LogP contribution in [0.3, 0.4) is 0 Å². The van der Waals surface area contributed by atoms with Crippen LogP contribution in [0.15, 0.2) is 35.9 Å². The van der Waals surface area contributed by atoms with Gasteiger partial charge in [-0.3, -0.25) is 9.59 Å². The second kappa shape index (κ2) is 7.44. The molecule has 0 saturated heterocycles. The van der Waals surface area contributed by atoms with E-state index in [0.717, 1.165) is 24.9 Å². The van der Waals surface area contributed by atoms with Crippen molar-refractivity contribution in [2.45, 2.75) is 44.9 Å². The Morgan fingerprint density at radius 3 is 2.52 bits per heavy atom. The topological polar surface area (TPSA) is 58.2 Å². The highest BCUT2D eigenvalue weighted by Gasteiger charge is 2.29. The molecular weight excluding hydrogens is 288 g/mol. The van der Waals surface area contributed by atoms with E-state index < -0.39 is 0 Å². The van der Waals surface area contributed by atoms with Crippen molar-refractivity contribution < 1.29 is 9.59 Å². The minimum atomic E-state index is -0.0542. The van der Waals surface area contributed by atoms with Crippen LogP contribution >= 0.6 is 0 Å². The van der Waals surface area contributed by atoms with Gasteiger partial charge in [0.1, 0.15) is 0 Å². The van der Waals surface area contributed by atoms with Crippen molar-refractivity contribution in [3.05, 3.63) is 41.5 Å². The molecular formula is C19H24N2O2. The summed E-state index contributed by atoms with van der Waals surface area (Å²) in [6.07, 6.45) is 10.1. The number of carbonyl (C=O) groups is 2. The van der Waals surface area contributed by atoms with E-state index in [4.69, 9.17) is 0 Å². The Bertz CT molecular complexity index is 600. The highest BCUT2D eigenvalue weighted by Crippen LogP contribution is 2.30. The summed E-state index contributed by atoms with van der Waals surface area (Å²) in [5.74, 6) is 0.219. The fourth-order valence-electron chi connectivity index (χ4n) is 2.87. The first kappa shape index (κ1) is 15.8. The molecule has 1 saturated carbocycles. The van der Waals surface area contributed by atoms with Gasteiger partial charge in [-0.05, 0) is 69.2 Å². The third-order valence-electron chi connectivity index (χ3n) is 4.48. The second-order valence-electron chi connectivity index (χ2n) is 6.45. The molecule has 0 spiro atoms. The molecule has 0 radical (unpaired) electrons. The second-order valence-corrected chi connectivity index (χ2v) is 6.45. The summed E-state index contributed by atoms with van der Waals surface area (Å²) in [4.78, 5) is 23.8. The number of allylic oxidation sites excluding steroid dienone is 1. The summed E-state index contributed by atoms with van der Waals surface area (Å²) < 4.78 is 0. The molecule has 4 nitrogen and oxygen atoms in total. The molecule has 1 aromatic rings. The zero-order chi connectivity index (χ0) is 16.1. The molecule has 1 aromatic carbocycles. The van der Waals surface area contributed by atoms with Gasteiger partial charge in [0.05, 0.1) is 0 Å². The lowest BCUT2D eigenvalue weighted by Crippen LogP contribution is -2.24. The van der Waals surface area contributed by atoms with Gasteiger partial charge in [-0.1, -0.05) is 11.6 Å². The summed E-state index contributed by atoms with van der Waals surface area (Å²) in [5.41, 5.74) is 2.85. The van der Waals surface area contributed by atoms with Crippen LogP contribution in [0.5, 0.6) is 0 Å². The van der Waals surface area contributed by atoms with Crippen molar-refractivity contribution >= 4 is 17.5 Å². The van der Waals surface area contributed by atoms with E-state index in [2.05, 4.69) is 16.7 Å². The number of benzene rings is 1. The third kappa shape index (κ3) is 4.68. The fraction of sp³-hybridized carbons (Fsp3) is 0.474. The van der Waals surface area contributed by atoms with Crippen molar-refractivity contribution in [3.63, 3.8) is 0 Å². The molecule has 1 fully saturated rings. The van der Waals surface area contributed by atoms with Crippen molar-refractivity contribution in [2.75, 3.05) is 11.9 Å². The van der Waals surface area contributed by atoms with Crippen LogP contribution in [0.4, 0.5) is 5.69 Å². The van der Waals surface area contributed by atoms with Gasteiger partial charge in [-0.25, -0.2) is 0 Å². The SMILES string of the molecule is O=C(NCCC1=CCCCC1)c1ccc(NC(=O)C2CC2)cc1. The summed E-state index contributed by atoms with van der Waals surface area (Å²) in [6.45, 7) is 0.685. The number of anilines is 1. The van der Waals surface area contributed by atoms with Crippen LogP contribution in [0.25, 0.3) is 0 Å². The standard InChI is InChI=1S/C19H24N2O2/c22-18(20-13-12-14-4-2-1-3-5-14)15-8-10-17(11-9-15)21-19(23)16-6-7-16/h4,8-11,16H,1-3,5-7,12-13H2,(H,20,22)(H,21,23). The van der Waals surface area contributed by atoms with E-state index in [0.29, 0.717) is 12.1 Å².